The number of amides is 1. The number of nitrogens with one attached hydrogen (secondary N) is 2. The molecule has 0 aliphatic carbocycles. The molecule has 8 nitrogen and oxygen atoms in total. The Labute approximate surface area is 147 Å². The molecular weight excluding hydrogens is 344 g/mol. The predicted octanol–water partition coefficient (Wildman–Crippen LogP) is 1.37. The number of nitrogens with zero attached hydrogens (tertiary/aromatic N) is 2. The van der Waals surface area contributed by atoms with Gasteiger partial charge >= 0.3 is 0 Å². The lowest BCUT2D eigenvalue weighted by atomic mass is 10.2. The number of aryl methyl sites for hydroxylation is 2. The van der Waals surface area contributed by atoms with Crippen LogP contribution in [0.15, 0.2) is 29.2 Å². The van der Waals surface area contributed by atoms with Crippen LogP contribution in [0.1, 0.15) is 18.3 Å². The summed E-state index contributed by atoms with van der Waals surface area (Å²) >= 11 is 0. The van der Waals surface area contributed by atoms with E-state index in [4.69, 9.17) is 4.74 Å². The molecule has 0 saturated carbocycles. The molecule has 1 aromatic carbocycles. The third-order valence-corrected chi connectivity index (χ3v) is 5.44. The highest BCUT2D eigenvalue weighted by atomic mass is 32.2. The van der Waals surface area contributed by atoms with Gasteiger partial charge in [0.2, 0.25) is 15.9 Å². The Balaban J connectivity index is 2.08. The van der Waals surface area contributed by atoms with Crippen molar-refractivity contribution in [3.8, 4) is 5.75 Å². The second-order valence-electron chi connectivity index (χ2n) is 5.53. The minimum Gasteiger partial charge on any atom is -0.497 e. The minimum absolute atomic E-state index is 0.0814. The van der Waals surface area contributed by atoms with Gasteiger partial charge in [-0.05, 0) is 38.1 Å². The molecule has 1 heterocycles. The second kappa shape index (κ2) is 7.66. The molecule has 0 radical (unpaired) electrons. The summed E-state index contributed by atoms with van der Waals surface area (Å²) in [6.45, 7) is 4.99. The number of ether oxygens (including phenoxy) is 1. The summed E-state index contributed by atoms with van der Waals surface area (Å²) in [4.78, 5) is 13.5. The minimum atomic E-state index is -3.69. The molecule has 2 rings (SSSR count). The van der Waals surface area contributed by atoms with E-state index in [-0.39, 0.29) is 23.9 Å². The van der Waals surface area contributed by atoms with Crippen LogP contribution in [0.3, 0.4) is 0 Å². The maximum atomic E-state index is 12.4. The zero-order chi connectivity index (χ0) is 18.6. The summed E-state index contributed by atoms with van der Waals surface area (Å²) in [7, 11) is -2.13. The van der Waals surface area contributed by atoms with Crippen molar-refractivity contribution in [2.45, 2.75) is 25.7 Å². The van der Waals surface area contributed by atoms with Gasteiger partial charge in [0, 0.05) is 25.7 Å². The van der Waals surface area contributed by atoms with E-state index >= 15 is 0 Å². The number of aromatic amines is 1. The lowest BCUT2D eigenvalue weighted by Gasteiger charge is -2.21. The SMILES string of the molecule is COc1ccc(N(CCNS(=O)(=O)c2c(C)n[nH]c2C)C(C)=O)cc1. The monoisotopic (exact) mass is 366 g/mol. The number of sulfonamides is 1. The maximum absolute atomic E-state index is 12.4. The Kier molecular flexibility index (Phi) is 5.81. The zero-order valence-corrected chi connectivity index (χ0v) is 15.5. The van der Waals surface area contributed by atoms with Crippen LogP contribution in [0.25, 0.3) is 0 Å². The quantitative estimate of drug-likeness (QED) is 0.770. The standard InChI is InChI=1S/C16H22N4O4S/c1-11-16(12(2)19-18-11)25(22,23)17-9-10-20(13(3)21)14-5-7-15(24-4)8-6-14/h5-8,17H,9-10H2,1-4H3,(H,18,19). The molecule has 0 aliphatic rings. The number of carbonyl (C=O) groups is 1. The van der Waals surface area contributed by atoms with Gasteiger partial charge in [-0.25, -0.2) is 13.1 Å². The van der Waals surface area contributed by atoms with Crippen molar-refractivity contribution in [2.75, 3.05) is 25.1 Å². The van der Waals surface area contributed by atoms with Crippen LogP contribution in [-0.2, 0) is 14.8 Å². The Hall–Kier alpha value is -2.39. The molecule has 25 heavy (non-hydrogen) atoms. The van der Waals surface area contributed by atoms with Gasteiger partial charge in [-0.15, -0.1) is 0 Å². The van der Waals surface area contributed by atoms with Crippen LogP contribution in [0.2, 0.25) is 0 Å². The van der Waals surface area contributed by atoms with Crippen molar-refractivity contribution < 1.29 is 17.9 Å². The van der Waals surface area contributed by atoms with Crippen LogP contribution in [0, 0.1) is 13.8 Å². The van der Waals surface area contributed by atoms with Crippen molar-refractivity contribution in [1.82, 2.24) is 14.9 Å². The number of aromatic nitrogens is 2. The molecule has 2 aromatic rings. The highest BCUT2D eigenvalue weighted by molar-refractivity contribution is 7.89. The van der Waals surface area contributed by atoms with E-state index < -0.39 is 10.0 Å². The normalized spacial score (nSPS) is 11.4. The summed E-state index contributed by atoms with van der Waals surface area (Å²) < 4.78 is 32.4. The molecule has 9 heteroatoms. The molecule has 1 amide bonds. The highest BCUT2D eigenvalue weighted by Crippen LogP contribution is 2.20. The first-order valence-electron chi connectivity index (χ1n) is 7.69. The Morgan fingerprint density at radius 1 is 1.28 bits per heavy atom. The topological polar surface area (TPSA) is 104 Å². The molecule has 136 valence electrons. The van der Waals surface area contributed by atoms with E-state index in [0.717, 1.165) is 0 Å². The van der Waals surface area contributed by atoms with E-state index in [9.17, 15) is 13.2 Å². The number of hydrogen-bond donors (Lipinski definition) is 2. The Bertz CT molecular complexity index is 824. The summed E-state index contributed by atoms with van der Waals surface area (Å²) in [5.74, 6) is 0.499. The third-order valence-electron chi connectivity index (χ3n) is 3.72. The first-order chi connectivity index (χ1) is 11.8. The van der Waals surface area contributed by atoms with Gasteiger partial charge in [-0.1, -0.05) is 0 Å². The van der Waals surface area contributed by atoms with Gasteiger partial charge < -0.3 is 9.64 Å². The molecule has 0 bridgehead atoms. The van der Waals surface area contributed by atoms with Crippen molar-refractivity contribution in [2.24, 2.45) is 0 Å². The molecule has 1 aromatic heterocycles. The van der Waals surface area contributed by atoms with Crippen LogP contribution in [0.5, 0.6) is 5.75 Å². The lowest BCUT2D eigenvalue weighted by molar-refractivity contribution is -0.116. The van der Waals surface area contributed by atoms with Gasteiger partial charge in [0.1, 0.15) is 10.6 Å². The van der Waals surface area contributed by atoms with Crippen molar-refractivity contribution in [3.05, 3.63) is 35.7 Å². The van der Waals surface area contributed by atoms with E-state index in [1.807, 2.05) is 0 Å². The number of carbonyl (C=O) groups excluding carboxylic acids is 1. The first-order valence-corrected chi connectivity index (χ1v) is 9.18. The van der Waals surface area contributed by atoms with Crippen LogP contribution in [0.4, 0.5) is 5.69 Å². The van der Waals surface area contributed by atoms with Gasteiger partial charge in [0.15, 0.2) is 0 Å². The fourth-order valence-electron chi connectivity index (χ4n) is 2.53. The number of hydrogen-bond acceptors (Lipinski definition) is 5. The Morgan fingerprint density at radius 2 is 1.92 bits per heavy atom. The largest absolute Gasteiger partial charge is 0.497 e. The fraction of sp³-hybridized carbons (Fsp3) is 0.375. The van der Waals surface area contributed by atoms with Gasteiger partial charge in [-0.2, -0.15) is 5.10 Å². The van der Waals surface area contributed by atoms with Gasteiger partial charge in [-0.3, -0.25) is 9.89 Å². The Morgan fingerprint density at radius 3 is 2.40 bits per heavy atom. The number of anilines is 1. The fourth-order valence-corrected chi connectivity index (χ4v) is 3.92. The molecular formula is C16H22N4O4S. The number of methoxy groups -OCH3 is 1. The molecule has 0 aliphatic heterocycles. The molecule has 0 atom stereocenters. The zero-order valence-electron chi connectivity index (χ0n) is 14.7. The molecule has 0 fully saturated rings. The molecule has 0 saturated heterocycles. The summed E-state index contributed by atoms with van der Waals surface area (Å²) in [6, 6.07) is 6.99. The number of benzene rings is 1. The smallest absolute Gasteiger partial charge is 0.244 e. The first kappa shape index (κ1) is 18.9. The molecule has 0 unspecified atom stereocenters. The number of rotatable bonds is 7. The average molecular weight is 366 g/mol. The lowest BCUT2D eigenvalue weighted by Crippen LogP contribution is -2.37. The number of H-pyrrole nitrogens is 1. The third kappa shape index (κ3) is 4.37. The summed E-state index contributed by atoms with van der Waals surface area (Å²) in [5, 5.41) is 6.55. The van der Waals surface area contributed by atoms with Crippen LogP contribution < -0.4 is 14.4 Å². The molecule has 2 N–H and O–H groups in total. The van der Waals surface area contributed by atoms with Crippen LogP contribution in [-0.4, -0.2) is 44.7 Å². The van der Waals surface area contributed by atoms with E-state index in [0.29, 0.717) is 22.8 Å². The van der Waals surface area contributed by atoms with Gasteiger partial charge in [0.05, 0.1) is 18.5 Å². The average Bonchev–Trinajstić information content (AvgIpc) is 2.91. The van der Waals surface area contributed by atoms with Crippen molar-refractivity contribution >= 4 is 21.6 Å². The summed E-state index contributed by atoms with van der Waals surface area (Å²) in [5.41, 5.74) is 1.55. The summed E-state index contributed by atoms with van der Waals surface area (Å²) in [6.07, 6.45) is 0. The van der Waals surface area contributed by atoms with E-state index in [1.54, 1.807) is 45.2 Å². The maximum Gasteiger partial charge on any atom is 0.244 e. The van der Waals surface area contributed by atoms with Crippen molar-refractivity contribution in [3.63, 3.8) is 0 Å². The predicted molar refractivity (Wildman–Crippen MR) is 94.3 cm³/mol. The van der Waals surface area contributed by atoms with E-state index in [1.165, 1.54) is 11.8 Å². The van der Waals surface area contributed by atoms with Gasteiger partial charge in [0.25, 0.3) is 0 Å². The second-order valence-corrected chi connectivity index (χ2v) is 7.23. The van der Waals surface area contributed by atoms with Crippen molar-refractivity contribution in [1.29, 1.82) is 0 Å². The van der Waals surface area contributed by atoms with E-state index in [2.05, 4.69) is 14.9 Å². The highest BCUT2D eigenvalue weighted by Gasteiger charge is 2.22. The van der Waals surface area contributed by atoms with Crippen LogP contribution >= 0.6 is 0 Å². The molecule has 0 spiro atoms.